The van der Waals surface area contributed by atoms with Crippen molar-refractivity contribution < 1.29 is 9.53 Å². The number of ether oxygens (including phenoxy) is 1. The number of nitrogens with zero attached hydrogens (tertiary/aromatic N) is 1. The Morgan fingerprint density at radius 1 is 1.23 bits per heavy atom. The van der Waals surface area contributed by atoms with E-state index >= 15 is 0 Å². The molecule has 0 unspecified atom stereocenters. The SMILES string of the molecule is COc1ccccc1[C@@H]1CCCN1C(=O)[C@@H]1CCC[C@H](N)C1. The minimum Gasteiger partial charge on any atom is -0.496 e. The lowest BCUT2D eigenvalue weighted by molar-refractivity contribution is -0.137. The summed E-state index contributed by atoms with van der Waals surface area (Å²) in [7, 11) is 1.69. The lowest BCUT2D eigenvalue weighted by Crippen LogP contribution is -2.40. The molecule has 3 rings (SSSR count). The van der Waals surface area contributed by atoms with E-state index in [1.54, 1.807) is 7.11 Å². The molecule has 1 heterocycles. The van der Waals surface area contributed by atoms with Gasteiger partial charge in [-0.05, 0) is 38.2 Å². The Balaban J connectivity index is 1.79. The van der Waals surface area contributed by atoms with Gasteiger partial charge in [0.1, 0.15) is 5.75 Å². The molecule has 4 heteroatoms. The van der Waals surface area contributed by atoms with Crippen molar-refractivity contribution in [3.63, 3.8) is 0 Å². The number of rotatable bonds is 3. The third-order valence-corrected chi connectivity index (χ3v) is 5.10. The Hall–Kier alpha value is -1.55. The molecule has 0 bridgehead atoms. The highest BCUT2D eigenvalue weighted by atomic mass is 16.5. The fraction of sp³-hybridized carbons (Fsp3) is 0.611. The highest BCUT2D eigenvalue weighted by molar-refractivity contribution is 5.80. The lowest BCUT2D eigenvalue weighted by atomic mass is 9.85. The summed E-state index contributed by atoms with van der Waals surface area (Å²) >= 11 is 0. The molecule has 120 valence electrons. The Kier molecular flexibility index (Phi) is 4.67. The molecule has 1 saturated carbocycles. The summed E-state index contributed by atoms with van der Waals surface area (Å²) in [5, 5.41) is 0. The van der Waals surface area contributed by atoms with Crippen molar-refractivity contribution in [3.05, 3.63) is 29.8 Å². The van der Waals surface area contributed by atoms with Gasteiger partial charge >= 0.3 is 0 Å². The Bertz CT molecular complexity index is 532. The number of para-hydroxylation sites is 1. The van der Waals surface area contributed by atoms with Crippen molar-refractivity contribution in [3.8, 4) is 5.75 Å². The van der Waals surface area contributed by atoms with Crippen LogP contribution in [0.4, 0.5) is 0 Å². The van der Waals surface area contributed by atoms with Crippen LogP contribution in [0.5, 0.6) is 5.75 Å². The molecule has 4 nitrogen and oxygen atoms in total. The Morgan fingerprint density at radius 2 is 2.05 bits per heavy atom. The number of likely N-dealkylation sites (tertiary alicyclic amines) is 1. The number of methoxy groups -OCH3 is 1. The summed E-state index contributed by atoms with van der Waals surface area (Å²) in [5.41, 5.74) is 7.20. The van der Waals surface area contributed by atoms with Crippen molar-refractivity contribution in [2.75, 3.05) is 13.7 Å². The van der Waals surface area contributed by atoms with Gasteiger partial charge < -0.3 is 15.4 Å². The van der Waals surface area contributed by atoms with Gasteiger partial charge in [0.25, 0.3) is 0 Å². The highest BCUT2D eigenvalue weighted by Crippen LogP contribution is 2.39. The second kappa shape index (κ2) is 6.69. The first-order valence-electron chi connectivity index (χ1n) is 8.39. The van der Waals surface area contributed by atoms with Gasteiger partial charge in [-0.25, -0.2) is 0 Å². The van der Waals surface area contributed by atoms with Crippen LogP contribution in [0.3, 0.4) is 0 Å². The molecule has 0 spiro atoms. The van der Waals surface area contributed by atoms with Gasteiger partial charge in [0.2, 0.25) is 5.91 Å². The second-order valence-corrected chi connectivity index (χ2v) is 6.56. The van der Waals surface area contributed by atoms with Crippen LogP contribution in [0, 0.1) is 5.92 Å². The molecule has 1 saturated heterocycles. The summed E-state index contributed by atoms with van der Waals surface area (Å²) in [6.45, 7) is 0.854. The number of carbonyl (C=O) groups excluding carboxylic acids is 1. The third kappa shape index (κ3) is 2.98. The normalized spacial score (nSPS) is 28.6. The van der Waals surface area contributed by atoms with Gasteiger partial charge in [0.15, 0.2) is 0 Å². The van der Waals surface area contributed by atoms with Crippen LogP contribution < -0.4 is 10.5 Å². The average molecular weight is 302 g/mol. The minimum atomic E-state index is 0.110. The van der Waals surface area contributed by atoms with E-state index in [4.69, 9.17) is 10.5 Å². The first-order chi connectivity index (χ1) is 10.7. The van der Waals surface area contributed by atoms with Crippen LogP contribution in [0.1, 0.15) is 50.1 Å². The molecular formula is C18H26N2O2. The van der Waals surface area contributed by atoms with Crippen molar-refractivity contribution in [1.82, 2.24) is 4.90 Å². The smallest absolute Gasteiger partial charge is 0.226 e. The molecule has 1 aromatic carbocycles. The van der Waals surface area contributed by atoms with Gasteiger partial charge in [-0.15, -0.1) is 0 Å². The van der Waals surface area contributed by atoms with Gasteiger partial charge in [0, 0.05) is 24.1 Å². The zero-order valence-electron chi connectivity index (χ0n) is 13.3. The van der Waals surface area contributed by atoms with Crippen LogP contribution in [-0.2, 0) is 4.79 Å². The van der Waals surface area contributed by atoms with Crippen LogP contribution in [-0.4, -0.2) is 30.5 Å². The van der Waals surface area contributed by atoms with Crippen molar-refractivity contribution in [1.29, 1.82) is 0 Å². The zero-order valence-corrected chi connectivity index (χ0v) is 13.3. The standard InChI is InChI=1S/C18H26N2O2/c1-22-17-10-3-2-8-15(17)16-9-5-11-20(16)18(21)13-6-4-7-14(19)12-13/h2-3,8,10,13-14,16H,4-7,9,11-12,19H2,1H3/t13-,14+,16+/m1/s1. The Morgan fingerprint density at radius 3 is 2.82 bits per heavy atom. The topological polar surface area (TPSA) is 55.6 Å². The van der Waals surface area contributed by atoms with E-state index in [1.807, 2.05) is 18.2 Å². The lowest BCUT2D eigenvalue weighted by Gasteiger charge is -2.33. The van der Waals surface area contributed by atoms with Gasteiger partial charge in [0.05, 0.1) is 13.2 Å². The van der Waals surface area contributed by atoms with Gasteiger partial charge in [-0.1, -0.05) is 24.6 Å². The first kappa shape index (κ1) is 15.3. The molecule has 1 aliphatic heterocycles. The fourth-order valence-corrected chi connectivity index (χ4v) is 3.98. The van der Waals surface area contributed by atoms with E-state index in [2.05, 4.69) is 11.0 Å². The predicted octanol–water partition coefficient (Wildman–Crippen LogP) is 2.88. The monoisotopic (exact) mass is 302 g/mol. The van der Waals surface area contributed by atoms with Crippen molar-refractivity contribution >= 4 is 5.91 Å². The van der Waals surface area contributed by atoms with E-state index in [0.717, 1.165) is 56.4 Å². The minimum absolute atomic E-state index is 0.110. The van der Waals surface area contributed by atoms with Gasteiger partial charge in [-0.2, -0.15) is 0 Å². The molecule has 1 aromatic rings. The second-order valence-electron chi connectivity index (χ2n) is 6.56. The number of nitrogens with two attached hydrogens (primary N) is 1. The van der Waals surface area contributed by atoms with E-state index in [1.165, 1.54) is 0 Å². The molecule has 3 atom stereocenters. The summed E-state index contributed by atoms with van der Waals surface area (Å²) in [6.07, 6.45) is 6.04. The average Bonchev–Trinajstić information content (AvgIpc) is 3.03. The molecule has 0 radical (unpaired) electrons. The molecule has 2 N–H and O–H groups in total. The molecule has 2 aliphatic rings. The largest absolute Gasteiger partial charge is 0.496 e. The van der Waals surface area contributed by atoms with Crippen LogP contribution in [0.2, 0.25) is 0 Å². The van der Waals surface area contributed by atoms with Crippen molar-refractivity contribution in [2.45, 2.75) is 50.6 Å². The molecule has 1 aliphatic carbocycles. The maximum Gasteiger partial charge on any atom is 0.226 e. The highest BCUT2D eigenvalue weighted by Gasteiger charge is 2.36. The number of hydrogen-bond donors (Lipinski definition) is 1. The first-order valence-corrected chi connectivity index (χ1v) is 8.39. The maximum absolute atomic E-state index is 13.0. The molecule has 1 amide bonds. The molecule has 0 aromatic heterocycles. The fourth-order valence-electron chi connectivity index (χ4n) is 3.98. The summed E-state index contributed by atoms with van der Waals surface area (Å²) in [6, 6.07) is 8.41. The third-order valence-electron chi connectivity index (χ3n) is 5.10. The van der Waals surface area contributed by atoms with Crippen LogP contribution in [0.25, 0.3) is 0 Å². The summed E-state index contributed by atoms with van der Waals surface area (Å²) in [4.78, 5) is 15.0. The van der Waals surface area contributed by atoms with Crippen molar-refractivity contribution in [2.24, 2.45) is 11.7 Å². The number of carbonyl (C=O) groups is 1. The summed E-state index contributed by atoms with van der Waals surface area (Å²) in [5.74, 6) is 1.29. The van der Waals surface area contributed by atoms with Crippen LogP contribution in [0.15, 0.2) is 24.3 Å². The number of hydrogen-bond acceptors (Lipinski definition) is 3. The predicted molar refractivity (Wildman–Crippen MR) is 86.6 cm³/mol. The zero-order chi connectivity index (χ0) is 15.5. The Labute approximate surface area is 132 Å². The van der Waals surface area contributed by atoms with E-state index in [-0.39, 0.29) is 18.0 Å². The van der Waals surface area contributed by atoms with E-state index < -0.39 is 0 Å². The maximum atomic E-state index is 13.0. The number of benzene rings is 1. The van der Waals surface area contributed by atoms with Gasteiger partial charge in [-0.3, -0.25) is 4.79 Å². The van der Waals surface area contributed by atoms with E-state index in [9.17, 15) is 4.79 Å². The van der Waals surface area contributed by atoms with E-state index in [0.29, 0.717) is 5.91 Å². The molecule has 22 heavy (non-hydrogen) atoms. The summed E-state index contributed by atoms with van der Waals surface area (Å²) < 4.78 is 5.49. The van der Waals surface area contributed by atoms with Crippen LogP contribution >= 0.6 is 0 Å². The quantitative estimate of drug-likeness (QED) is 0.934. The molecule has 2 fully saturated rings. The molecular weight excluding hydrogens is 276 g/mol. The number of amides is 1.